The minimum Gasteiger partial charge on any atom is -0.393 e. The molecule has 3 rings (SSSR count). The highest BCUT2D eigenvalue weighted by atomic mass is 16.6. The lowest BCUT2D eigenvalue weighted by Gasteiger charge is -2.29. The highest BCUT2D eigenvalue weighted by molar-refractivity contribution is 5.98. The third-order valence-corrected chi connectivity index (χ3v) is 5.45. The van der Waals surface area contributed by atoms with E-state index < -0.39 is 0 Å². The molecule has 0 radical (unpaired) electrons. The largest absolute Gasteiger partial charge is 0.393 e. The number of fused-ring (bicyclic) bond motifs is 5. The van der Waals surface area contributed by atoms with Crippen molar-refractivity contribution in [2.24, 2.45) is 23.2 Å². The maximum absolute atomic E-state index is 12.0. The summed E-state index contributed by atoms with van der Waals surface area (Å²) >= 11 is 0. The van der Waals surface area contributed by atoms with Crippen LogP contribution in [-0.2, 0) is 14.3 Å². The topological polar surface area (TPSA) is 43.4 Å². The predicted molar refractivity (Wildman–Crippen MR) is 75.8 cm³/mol. The van der Waals surface area contributed by atoms with Crippen LogP contribution in [0.5, 0.6) is 0 Å². The van der Waals surface area contributed by atoms with Gasteiger partial charge >= 0.3 is 11.9 Å². The van der Waals surface area contributed by atoms with Crippen molar-refractivity contribution in [2.75, 3.05) is 0 Å². The maximum atomic E-state index is 12.0. The average Bonchev–Trinajstić information content (AvgIpc) is 3.06. The van der Waals surface area contributed by atoms with Gasteiger partial charge in [-0.05, 0) is 18.8 Å². The fourth-order valence-corrected chi connectivity index (χ4v) is 4.47. The van der Waals surface area contributed by atoms with Crippen molar-refractivity contribution in [1.82, 2.24) is 0 Å². The molecule has 3 nitrogen and oxygen atoms in total. The zero-order valence-electron chi connectivity index (χ0n) is 12.3. The van der Waals surface area contributed by atoms with Crippen molar-refractivity contribution in [3.05, 3.63) is 12.2 Å². The minimum absolute atomic E-state index is 0.0661. The van der Waals surface area contributed by atoms with Gasteiger partial charge in [0.2, 0.25) is 0 Å². The molecule has 1 heterocycles. The Labute approximate surface area is 120 Å². The summed E-state index contributed by atoms with van der Waals surface area (Å²) in [6.07, 6.45) is 14.0. The maximum Gasteiger partial charge on any atom is 0.318 e. The molecule has 4 unspecified atom stereocenters. The van der Waals surface area contributed by atoms with E-state index in [-0.39, 0.29) is 35.1 Å². The third-order valence-electron chi connectivity index (χ3n) is 5.45. The number of cyclic esters (lactones) is 2. The molecule has 3 aliphatic rings. The van der Waals surface area contributed by atoms with E-state index in [1.54, 1.807) is 0 Å². The van der Waals surface area contributed by atoms with Gasteiger partial charge in [0.05, 0.1) is 11.8 Å². The van der Waals surface area contributed by atoms with Crippen LogP contribution in [0.2, 0.25) is 0 Å². The average molecular weight is 276 g/mol. The zero-order chi connectivity index (χ0) is 14.2. The van der Waals surface area contributed by atoms with E-state index >= 15 is 0 Å². The number of ether oxygens (including phenoxy) is 1. The number of carbonyl (C=O) groups is 2. The lowest BCUT2D eigenvalue weighted by Crippen LogP contribution is -2.31. The van der Waals surface area contributed by atoms with Gasteiger partial charge in [-0.2, -0.15) is 0 Å². The minimum atomic E-state index is -0.279. The molecule has 1 aliphatic heterocycles. The van der Waals surface area contributed by atoms with E-state index in [9.17, 15) is 9.59 Å². The summed E-state index contributed by atoms with van der Waals surface area (Å²) in [5.74, 6) is -0.649. The molecule has 2 aliphatic carbocycles. The molecular formula is C17H24O3. The molecule has 20 heavy (non-hydrogen) atoms. The number of rotatable bonds is 7. The Kier molecular flexibility index (Phi) is 3.70. The van der Waals surface area contributed by atoms with Crippen molar-refractivity contribution in [3.8, 4) is 0 Å². The summed E-state index contributed by atoms with van der Waals surface area (Å²) in [7, 11) is 0. The normalized spacial score (nSPS) is 37.5. The number of hydrogen-bond donors (Lipinski definition) is 0. The predicted octanol–water partition coefficient (Wildman–Crippen LogP) is 3.63. The summed E-state index contributed by atoms with van der Waals surface area (Å²) < 4.78 is 4.88. The highest BCUT2D eigenvalue weighted by Crippen LogP contribution is 2.61. The third kappa shape index (κ3) is 2.11. The summed E-state index contributed by atoms with van der Waals surface area (Å²) in [5, 5.41) is 0. The van der Waals surface area contributed by atoms with Gasteiger partial charge in [0.1, 0.15) is 0 Å². The van der Waals surface area contributed by atoms with Crippen LogP contribution >= 0.6 is 0 Å². The Balaban J connectivity index is 1.57. The molecule has 3 heteroatoms. The van der Waals surface area contributed by atoms with Crippen LogP contribution in [-0.4, -0.2) is 11.9 Å². The fourth-order valence-electron chi connectivity index (χ4n) is 4.47. The lowest BCUT2D eigenvalue weighted by molar-refractivity contribution is -0.155. The molecule has 0 amide bonds. The van der Waals surface area contributed by atoms with Gasteiger partial charge in [-0.25, -0.2) is 0 Å². The number of esters is 2. The Hall–Kier alpha value is -1.12. The van der Waals surface area contributed by atoms with Crippen molar-refractivity contribution >= 4 is 11.9 Å². The van der Waals surface area contributed by atoms with E-state index in [2.05, 4.69) is 19.1 Å². The molecule has 2 bridgehead atoms. The molecule has 2 fully saturated rings. The Morgan fingerprint density at radius 1 is 1.15 bits per heavy atom. The number of carbonyl (C=O) groups excluding carboxylic acids is 2. The first-order valence-corrected chi connectivity index (χ1v) is 8.13. The Morgan fingerprint density at radius 2 is 1.90 bits per heavy atom. The molecular weight excluding hydrogens is 252 g/mol. The zero-order valence-corrected chi connectivity index (χ0v) is 12.3. The van der Waals surface area contributed by atoms with E-state index in [1.165, 1.54) is 32.1 Å². The second-order valence-electron chi connectivity index (χ2n) is 6.72. The Bertz CT molecular complexity index is 440. The van der Waals surface area contributed by atoms with Crippen LogP contribution < -0.4 is 0 Å². The van der Waals surface area contributed by atoms with Gasteiger partial charge in [-0.3, -0.25) is 9.59 Å². The first-order chi connectivity index (χ1) is 9.68. The second kappa shape index (κ2) is 5.34. The van der Waals surface area contributed by atoms with Crippen LogP contribution in [0.15, 0.2) is 12.2 Å². The molecule has 0 spiro atoms. The second-order valence-corrected chi connectivity index (χ2v) is 6.72. The van der Waals surface area contributed by atoms with Crippen LogP contribution in [0.4, 0.5) is 0 Å². The molecule has 4 atom stereocenters. The van der Waals surface area contributed by atoms with Crippen LogP contribution in [0, 0.1) is 23.2 Å². The van der Waals surface area contributed by atoms with Crippen molar-refractivity contribution < 1.29 is 14.3 Å². The van der Waals surface area contributed by atoms with Gasteiger partial charge in [-0.1, -0.05) is 57.6 Å². The standard InChI is InChI=1S/C17H24O3/c1-2-3-4-5-6-7-9-17-10-8-12(11-17)13-14(17)16(19)20-15(13)18/h8,10,12-14H,2-7,9,11H2,1H3. The van der Waals surface area contributed by atoms with Gasteiger partial charge in [0.15, 0.2) is 0 Å². The summed E-state index contributed by atoms with van der Waals surface area (Å²) in [6.45, 7) is 2.23. The van der Waals surface area contributed by atoms with Crippen molar-refractivity contribution in [1.29, 1.82) is 0 Å². The number of unbranched alkanes of at least 4 members (excludes halogenated alkanes) is 5. The smallest absolute Gasteiger partial charge is 0.318 e. The molecule has 1 saturated heterocycles. The Morgan fingerprint density at radius 3 is 2.70 bits per heavy atom. The van der Waals surface area contributed by atoms with E-state index in [0.717, 1.165) is 19.3 Å². The van der Waals surface area contributed by atoms with E-state index in [1.807, 2.05) is 0 Å². The fraction of sp³-hybridized carbons (Fsp3) is 0.765. The van der Waals surface area contributed by atoms with Crippen LogP contribution in [0.25, 0.3) is 0 Å². The summed E-state index contributed by atoms with van der Waals surface area (Å²) in [5.41, 5.74) is -0.0661. The quantitative estimate of drug-likeness (QED) is 0.309. The summed E-state index contributed by atoms with van der Waals surface area (Å²) in [4.78, 5) is 23.7. The number of hydrogen-bond acceptors (Lipinski definition) is 3. The van der Waals surface area contributed by atoms with Crippen LogP contribution in [0.3, 0.4) is 0 Å². The van der Waals surface area contributed by atoms with Crippen molar-refractivity contribution in [3.63, 3.8) is 0 Å². The van der Waals surface area contributed by atoms with E-state index in [0.29, 0.717) is 0 Å². The van der Waals surface area contributed by atoms with Gasteiger partial charge < -0.3 is 4.74 Å². The van der Waals surface area contributed by atoms with Crippen molar-refractivity contribution in [2.45, 2.75) is 58.3 Å². The molecule has 110 valence electrons. The molecule has 0 aromatic heterocycles. The number of allylic oxidation sites excluding steroid dienone is 2. The van der Waals surface area contributed by atoms with Gasteiger partial charge in [0.25, 0.3) is 0 Å². The monoisotopic (exact) mass is 276 g/mol. The first kappa shape index (κ1) is 13.8. The molecule has 1 saturated carbocycles. The molecule has 0 aromatic rings. The summed E-state index contributed by atoms with van der Waals surface area (Å²) in [6, 6.07) is 0. The van der Waals surface area contributed by atoms with E-state index in [4.69, 9.17) is 4.74 Å². The first-order valence-electron chi connectivity index (χ1n) is 8.13. The van der Waals surface area contributed by atoms with Crippen LogP contribution in [0.1, 0.15) is 58.3 Å². The lowest BCUT2D eigenvalue weighted by atomic mass is 9.72. The molecule has 0 aromatic carbocycles. The van der Waals surface area contributed by atoms with Gasteiger partial charge in [-0.15, -0.1) is 0 Å². The SMILES string of the molecule is CCCCCCCCC12C=CC(C1)C1C(=O)OC(=O)C12. The molecule has 0 N–H and O–H groups in total. The van der Waals surface area contributed by atoms with Gasteiger partial charge in [0, 0.05) is 5.41 Å². The highest BCUT2D eigenvalue weighted by Gasteiger charge is 2.64.